The second-order valence-electron chi connectivity index (χ2n) is 5.45. The van der Waals surface area contributed by atoms with Gasteiger partial charge in [0.2, 0.25) is 0 Å². The highest BCUT2D eigenvalue weighted by Crippen LogP contribution is 2.16. The van der Waals surface area contributed by atoms with Gasteiger partial charge in [-0.15, -0.1) is 0 Å². The Morgan fingerprint density at radius 3 is 2.37 bits per heavy atom. The molecule has 0 saturated carbocycles. The lowest BCUT2D eigenvalue weighted by Crippen LogP contribution is -1.97. The molecule has 2 aromatic rings. The molecule has 104 valence electrons. The molecule has 0 saturated heterocycles. The lowest BCUT2D eigenvalue weighted by Gasteiger charge is -2.03. The van der Waals surface area contributed by atoms with Crippen molar-refractivity contribution in [2.75, 3.05) is 0 Å². The van der Waals surface area contributed by atoms with Gasteiger partial charge in [-0.25, -0.2) is 4.98 Å². The lowest BCUT2D eigenvalue weighted by atomic mass is 10.1. The molecule has 2 heteroatoms. The van der Waals surface area contributed by atoms with E-state index < -0.39 is 0 Å². The summed E-state index contributed by atoms with van der Waals surface area (Å²) in [6.45, 7) is 2.27. The van der Waals surface area contributed by atoms with Crippen LogP contribution in [0.4, 0.5) is 0 Å². The van der Waals surface area contributed by atoms with Gasteiger partial charge in [0, 0.05) is 13.5 Å². The van der Waals surface area contributed by atoms with Crippen molar-refractivity contribution in [1.82, 2.24) is 9.55 Å². The van der Waals surface area contributed by atoms with Gasteiger partial charge in [0.25, 0.3) is 0 Å². The Kier molecular flexibility index (Phi) is 5.44. The number of para-hydroxylation sites is 2. The van der Waals surface area contributed by atoms with E-state index in [0.717, 1.165) is 11.9 Å². The van der Waals surface area contributed by atoms with Crippen LogP contribution in [0.5, 0.6) is 0 Å². The summed E-state index contributed by atoms with van der Waals surface area (Å²) in [6.07, 6.45) is 10.6. The monoisotopic (exact) mass is 258 g/mol. The second-order valence-corrected chi connectivity index (χ2v) is 5.45. The Balaban J connectivity index is 1.77. The zero-order valence-corrected chi connectivity index (χ0v) is 12.4. The van der Waals surface area contributed by atoms with Gasteiger partial charge >= 0.3 is 0 Å². The highest BCUT2D eigenvalue weighted by molar-refractivity contribution is 5.75. The van der Waals surface area contributed by atoms with E-state index in [1.807, 2.05) is 0 Å². The third-order valence-corrected chi connectivity index (χ3v) is 3.88. The number of aromatic nitrogens is 2. The van der Waals surface area contributed by atoms with Crippen LogP contribution in [0.2, 0.25) is 0 Å². The number of hydrogen-bond donors (Lipinski definition) is 0. The molecule has 0 aliphatic rings. The summed E-state index contributed by atoms with van der Waals surface area (Å²) in [5, 5.41) is 0. The summed E-state index contributed by atoms with van der Waals surface area (Å²) in [5.41, 5.74) is 2.38. The zero-order valence-electron chi connectivity index (χ0n) is 12.4. The molecule has 19 heavy (non-hydrogen) atoms. The predicted octanol–water partition coefficient (Wildman–Crippen LogP) is 4.87. The van der Waals surface area contributed by atoms with Crippen LogP contribution in [-0.2, 0) is 13.5 Å². The highest BCUT2D eigenvalue weighted by Gasteiger charge is 2.06. The molecule has 0 radical (unpaired) electrons. The van der Waals surface area contributed by atoms with Crippen LogP contribution in [-0.4, -0.2) is 9.55 Å². The summed E-state index contributed by atoms with van der Waals surface area (Å²) >= 11 is 0. The fraction of sp³-hybridized carbons (Fsp3) is 0.588. The maximum atomic E-state index is 4.72. The SMILES string of the molecule is CCCCCCCCCc1nc2ccccc2n1C. The van der Waals surface area contributed by atoms with Crippen molar-refractivity contribution in [2.45, 2.75) is 58.3 Å². The Bertz CT molecular complexity index is 499. The predicted molar refractivity (Wildman–Crippen MR) is 82.4 cm³/mol. The van der Waals surface area contributed by atoms with Gasteiger partial charge in [-0.2, -0.15) is 0 Å². The summed E-state index contributed by atoms with van der Waals surface area (Å²) < 4.78 is 2.24. The summed E-state index contributed by atoms with van der Waals surface area (Å²) in [5.74, 6) is 1.23. The molecular formula is C17H26N2. The van der Waals surface area contributed by atoms with Crippen molar-refractivity contribution in [1.29, 1.82) is 0 Å². The number of benzene rings is 1. The number of hydrogen-bond acceptors (Lipinski definition) is 1. The fourth-order valence-corrected chi connectivity index (χ4v) is 2.66. The Morgan fingerprint density at radius 1 is 0.947 bits per heavy atom. The standard InChI is InChI=1S/C17H26N2/c1-3-4-5-6-7-8-9-14-17-18-15-12-10-11-13-16(15)19(17)2/h10-13H,3-9,14H2,1-2H3. The fourth-order valence-electron chi connectivity index (χ4n) is 2.66. The van der Waals surface area contributed by atoms with Gasteiger partial charge < -0.3 is 4.57 Å². The maximum Gasteiger partial charge on any atom is 0.109 e. The number of rotatable bonds is 8. The highest BCUT2D eigenvalue weighted by atomic mass is 15.1. The molecular weight excluding hydrogens is 232 g/mol. The Hall–Kier alpha value is -1.31. The first-order valence-electron chi connectivity index (χ1n) is 7.73. The summed E-state index contributed by atoms with van der Waals surface area (Å²) in [6, 6.07) is 8.40. The van der Waals surface area contributed by atoms with Crippen molar-refractivity contribution in [3.05, 3.63) is 30.1 Å². The second kappa shape index (κ2) is 7.32. The minimum absolute atomic E-state index is 1.11. The Labute approximate surface area is 116 Å². The van der Waals surface area contributed by atoms with Gasteiger partial charge in [0.1, 0.15) is 5.82 Å². The average molecular weight is 258 g/mol. The molecule has 0 aliphatic carbocycles. The minimum atomic E-state index is 1.11. The van der Waals surface area contributed by atoms with Crippen LogP contribution in [0.15, 0.2) is 24.3 Å². The molecule has 0 fully saturated rings. The number of imidazole rings is 1. The van der Waals surface area contributed by atoms with Crippen LogP contribution in [0, 0.1) is 0 Å². The molecule has 1 aromatic carbocycles. The lowest BCUT2D eigenvalue weighted by molar-refractivity contribution is 0.581. The van der Waals surface area contributed by atoms with Gasteiger partial charge in [-0.1, -0.05) is 57.6 Å². The Morgan fingerprint density at radius 2 is 1.63 bits per heavy atom. The van der Waals surface area contributed by atoms with Gasteiger partial charge in [-0.05, 0) is 18.6 Å². The first-order chi connectivity index (χ1) is 9.33. The molecule has 2 rings (SSSR count). The van der Waals surface area contributed by atoms with E-state index in [1.165, 1.54) is 56.3 Å². The largest absolute Gasteiger partial charge is 0.331 e. The van der Waals surface area contributed by atoms with Crippen molar-refractivity contribution in [3.8, 4) is 0 Å². The molecule has 0 bridgehead atoms. The molecule has 1 heterocycles. The van der Waals surface area contributed by atoms with Crippen LogP contribution in [0.3, 0.4) is 0 Å². The molecule has 0 unspecified atom stereocenters. The van der Waals surface area contributed by atoms with Crippen molar-refractivity contribution in [3.63, 3.8) is 0 Å². The molecule has 0 N–H and O–H groups in total. The normalized spacial score (nSPS) is 11.3. The average Bonchev–Trinajstić information content (AvgIpc) is 2.75. The van der Waals surface area contributed by atoms with E-state index in [0.29, 0.717) is 0 Å². The topological polar surface area (TPSA) is 17.8 Å². The van der Waals surface area contributed by atoms with Crippen molar-refractivity contribution < 1.29 is 0 Å². The van der Waals surface area contributed by atoms with Crippen LogP contribution in [0.1, 0.15) is 57.7 Å². The molecule has 0 amide bonds. The van der Waals surface area contributed by atoms with Crippen molar-refractivity contribution >= 4 is 11.0 Å². The first-order valence-corrected chi connectivity index (χ1v) is 7.73. The first kappa shape index (κ1) is 14.1. The molecule has 2 nitrogen and oxygen atoms in total. The van der Waals surface area contributed by atoms with Crippen LogP contribution < -0.4 is 0 Å². The van der Waals surface area contributed by atoms with E-state index in [-0.39, 0.29) is 0 Å². The molecule has 0 aliphatic heterocycles. The van der Waals surface area contributed by atoms with Crippen LogP contribution >= 0.6 is 0 Å². The van der Waals surface area contributed by atoms with Gasteiger partial charge in [0.15, 0.2) is 0 Å². The van der Waals surface area contributed by atoms with E-state index in [2.05, 4.69) is 42.8 Å². The van der Waals surface area contributed by atoms with Crippen molar-refractivity contribution in [2.24, 2.45) is 7.05 Å². The van der Waals surface area contributed by atoms with Gasteiger partial charge in [-0.3, -0.25) is 0 Å². The van der Waals surface area contributed by atoms with E-state index in [9.17, 15) is 0 Å². The number of fused-ring (bicyclic) bond motifs is 1. The number of nitrogens with zero attached hydrogens (tertiary/aromatic N) is 2. The molecule has 1 aromatic heterocycles. The zero-order chi connectivity index (χ0) is 13.5. The van der Waals surface area contributed by atoms with E-state index in [1.54, 1.807) is 0 Å². The summed E-state index contributed by atoms with van der Waals surface area (Å²) in [7, 11) is 2.13. The third kappa shape index (κ3) is 3.82. The smallest absolute Gasteiger partial charge is 0.109 e. The minimum Gasteiger partial charge on any atom is -0.331 e. The summed E-state index contributed by atoms with van der Waals surface area (Å²) in [4.78, 5) is 4.72. The van der Waals surface area contributed by atoms with Crippen LogP contribution in [0.25, 0.3) is 11.0 Å². The van der Waals surface area contributed by atoms with E-state index >= 15 is 0 Å². The van der Waals surface area contributed by atoms with Gasteiger partial charge in [0.05, 0.1) is 11.0 Å². The maximum absolute atomic E-state index is 4.72. The molecule has 0 atom stereocenters. The third-order valence-electron chi connectivity index (χ3n) is 3.88. The number of aryl methyl sites for hydroxylation is 2. The molecule has 0 spiro atoms. The quantitative estimate of drug-likeness (QED) is 0.618. The number of unbranched alkanes of at least 4 members (excludes halogenated alkanes) is 6. The van der Waals surface area contributed by atoms with E-state index in [4.69, 9.17) is 4.98 Å².